The van der Waals surface area contributed by atoms with E-state index in [1.165, 1.54) is 51.3 Å². The van der Waals surface area contributed by atoms with Crippen LogP contribution in [0.15, 0.2) is 66.2 Å². The van der Waals surface area contributed by atoms with Gasteiger partial charge in [-0.25, -0.2) is 0 Å². The zero-order chi connectivity index (χ0) is 62.2. The quantitative estimate of drug-likeness (QED) is 0.145. The zero-order valence-corrected chi connectivity index (χ0v) is 30.4. The van der Waals surface area contributed by atoms with Crippen molar-refractivity contribution < 1.29 is 51.2 Å². The molecule has 3 aliphatic rings. The Bertz CT molecular complexity index is 2150. The summed E-state index contributed by atoms with van der Waals surface area (Å²) in [5.41, 5.74) is 12.1. The minimum Gasteiger partial charge on any atom is -0.309 e. The van der Waals surface area contributed by atoms with Crippen LogP contribution in [0.3, 0.4) is 0 Å². The SMILES string of the molecule is CC(C)(C)c1ccc2c(c1)C(C)(C)c1cc(C(C)(C)C)cc3c1N2c1ccc(C=C2C(=O)c4cc(Cl)c(Cl)cc4C2=O)cc1C3(C)C.[2H][2H].[2H][2H].[2H][2H].[2H][2H].[2H][2H].[2H][2H].[2H][2H].[2H][2H].[2H][2H].[2H][2H].[2H][2H].[2H][2H].[2H][2H].[2H][2H]. The fourth-order valence-corrected chi connectivity index (χ4v) is 7.90. The number of Topliss-reactive ketones (excluding diaryl/α,β-unsaturated/α-hetero) is 2. The molecular formula is C42H69Cl2NO2. The Labute approximate surface area is 331 Å². The van der Waals surface area contributed by atoms with Gasteiger partial charge in [0, 0.05) is 63.5 Å². The van der Waals surface area contributed by atoms with Gasteiger partial charge in [-0.2, -0.15) is 0 Å². The molecule has 1 aliphatic carbocycles. The fraction of sp³-hybridized carbons (Fsp3) is 0.333. The molecule has 0 amide bonds. The first kappa shape index (κ1) is 19.4. The number of fused-ring (bicyclic) bond motifs is 5. The van der Waals surface area contributed by atoms with Gasteiger partial charge in [0.2, 0.25) is 0 Å². The number of carbonyl (C=O) groups excluding carboxylic acids is 2. The zero-order valence-electron chi connectivity index (χ0n) is 56.9. The van der Waals surface area contributed by atoms with Gasteiger partial charge in [0.1, 0.15) is 0 Å². The molecule has 0 radical (unpaired) electrons. The number of halogens is 2. The summed E-state index contributed by atoms with van der Waals surface area (Å²) in [5, 5.41) is 0.520. The Balaban J connectivity index is -0.000000233. The second-order valence-corrected chi connectivity index (χ2v) is 17.4. The van der Waals surface area contributed by atoms with Crippen LogP contribution >= 0.6 is 23.2 Å². The van der Waals surface area contributed by atoms with Crippen LogP contribution in [-0.4, -0.2) is 11.6 Å². The third kappa shape index (κ3) is 4.60. The minimum atomic E-state index is -0.363. The molecule has 0 unspecified atom stereocenters. The van der Waals surface area contributed by atoms with Gasteiger partial charge < -0.3 is 4.90 Å². The third-order valence-electron chi connectivity index (χ3n) is 10.6. The summed E-state index contributed by atoms with van der Waals surface area (Å²) in [6.07, 6.45) is 1.72. The first-order valence-corrected chi connectivity index (χ1v) is 17.1. The summed E-state index contributed by atoms with van der Waals surface area (Å²) in [6.45, 7) is 23.0. The molecule has 2 heterocycles. The number of anilines is 3. The maximum absolute atomic E-state index is 13.4. The maximum Gasteiger partial charge on any atom is 0.197 e. The number of allylic oxidation sites excluding steroid dienone is 1. The van der Waals surface area contributed by atoms with Crippen molar-refractivity contribution in [1.82, 2.24) is 0 Å². The molecule has 0 fully saturated rings. The summed E-state index contributed by atoms with van der Waals surface area (Å²) in [6, 6.07) is 21.1. The van der Waals surface area contributed by atoms with E-state index in [9.17, 15) is 9.59 Å². The molecule has 0 aromatic heterocycles. The van der Waals surface area contributed by atoms with E-state index in [0.29, 0.717) is 11.1 Å². The summed E-state index contributed by atoms with van der Waals surface area (Å²) in [7, 11) is 0. The lowest BCUT2D eigenvalue weighted by molar-refractivity contribution is 0.0990. The Morgan fingerprint density at radius 3 is 1.57 bits per heavy atom. The molecule has 0 spiro atoms. The summed E-state index contributed by atoms with van der Waals surface area (Å²) < 4.78 is 140. The number of nitrogens with zero attached hydrogens (tertiary/aromatic N) is 1. The Kier molecular flexibility index (Phi) is 4.09. The standard InChI is InChI=1S/C42H41Cl2NO2.14H2/c1-39(2,3)23-12-14-35-29(17-23)42(9,10)31-19-24(40(4,5)6)18-30-36(31)45(35)34-13-11-22(16-28(34)41(30,7)8)15-27-37(46)25-20-32(43)33(44)21-26(25)38(27)47;;;;;;;;;;;;;;/h11-21H,1-10H3;14*1H/i;14*1+1D. The molecular weight excluding hydrogens is 621 g/mol. The van der Waals surface area contributed by atoms with Crippen molar-refractivity contribution in [2.75, 3.05) is 4.90 Å². The van der Waals surface area contributed by atoms with Crippen LogP contribution in [0, 0.1) is 0 Å². The highest BCUT2D eigenvalue weighted by atomic mass is 35.5. The lowest BCUT2D eigenvalue weighted by Crippen LogP contribution is -2.39. The van der Waals surface area contributed by atoms with E-state index in [2.05, 4.69) is 117 Å². The molecule has 0 saturated heterocycles. The number of hydrogen-bond acceptors (Lipinski definition) is 3. The van der Waals surface area contributed by atoms with Gasteiger partial charge in [0.25, 0.3) is 0 Å². The van der Waals surface area contributed by atoms with Crippen LogP contribution in [0.4, 0.5) is 17.1 Å². The van der Waals surface area contributed by atoms with Gasteiger partial charge in [-0.3, -0.25) is 9.59 Å². The van der Waals surface area contributed by atoms with Gasteiger partial charge in [0.05, 0.1) is 32.7 Å². The van der Waals surface area contributed by atoms with E-state index in [4.69, 9.17) is 64.8 Å². The van der Waals surface area contributed by atoms with Crippen LogP contribution < -0.4 is 4.90 Å². The van der Waals surface area contributed by atoms with Crippen molar-refractivity contribution >= 4 is 57.9 Å². The monoisotopic (exact) mass is 718 g/mol. The van der Waals surface area contributed by atoms with Crippen molar-refractivity contribution in [2.45, 2.75) is 90.9 Å². The molecule has 268 valence electrons. The van der Waals surface area contributed by atoms with Crippen molar-refractivity contribution in [3.05, 3.63) is 126 Å². The van der Waals surface area contributed by atoms with E-state index < -0.39 is 0 Å². The van der Waals surface area contributed by atoms with Crippen LogP contribution in [-0.2, 0) is 21.7 Å². The van der Waals surface area contributed by atoms with Gasteiger partial charge in [-0.15, -0.1) is 0 Å². The third-order valence-corrected chi connectivity index (χ3v) is 11.3. The van der Waals surface area contributed by atoms with E-state index >= 15 is 0 Å². The van der Waals surface area contributed by atoms with E-state index in [0.717, 1.165) is 16.8 Å². The number of hydrogen-bond donors (Lipinski definition) is 0. The van der Waals surface area contributed by atoms with Gasteiger partial charge >= 0.3 is 0 Å². The lowest BCUT2D eigenvalue weighted by Gasteiger charge is -2.50. The highest BCUT2D eigenvalue weighted by molar-refractivity contribution is 6.46. The highest BCUT2D eigenvalue weighted by Crippen LogP contribution is 2.61. The molecule has 4 aromatic rings. The van der Waals surface area contributed by atoms with Crippen LogP contribution in [0.1, 0.15) is 170 Å². The molecule has 0 atom stereocenters. The Hall–Kier alpha value is -3.66. The molecule has 5 heteroatoms. The molecule has 47 heavy (non-hydrogen) atoms. The van der Waals surface area contributed by atoms with E-state index in [1.807, 2.05) is 6.07 Å². The summed E-state index contributed by atoms with van der Waals surface area (Å²) in [5.74, 6) is -0.653. The molecule has 7 rings (SSSR count). The number of rotatable bonds is 1. The second-order valence-electron chi connectivity index (χ2n) is 16.5. The molecule has 0 bridgehead atoms. The first-order chi connectivity index (χ1) is 35.7. The maximum atomic E-state index is 13.4. The molecule has 4 aromatic carbocycles. The second kappa shape index (κ2) is 9.94. The van der Waals surface area contributed by atoms with Crippen LogP contribution in [0.2, 0.25) is 10.0 Å². The van der Waals surface area contributed by atoms with Crippen molar-refractivity contribution in [3.63, 3.8) is 0 Å². The van der Waals surface area contributed by atoms with E-state index in [1.54, 1.807) is 6.08 Å². The average Bonchev–Trinajstić information content (AvgIpc) is 3.68. The number of ketones is 2. The normalized spacial score (nSPS) is 19.7. The predicted octanol–water partition coefficient (Wildman–Crippen LogP) is 15.2. The van der Waals surface area contributed by atoms with E-state index in [-0.39, 0.29) is 48.8 Å². The van der Waals surface area contributed by atoms with Gasteiger partial charge in [-0.1, -0.05) is 123 Å². The van der Waals surface area contributed by atoms with Gasteiger partial charge in [0.15, 0.2) is 11.6 Å². The average molecular weight is 719 g/mol. The summed E-state index contributed by atoms with van der Waals surface area (Å²) >= 11 is 12.4. The Morgan fingerprint density at radius 1 is 0.638 bits per heavy atom. The van der Waals surface area contributed by atoms with Crippen molar-refractivity contribution in [2.24, 2.45) is 0 Å². The molecule has 0 N–H and O–H groups in total. The molecule has 3 nitrogen and oxygen atoms in total. The van der Waals surface area contributed by atoms with Crippen molar-refractivity contribution in [1.29, 1.82) is 0 Å². The van der Waals surface area contributed by atoms with Crippen molar-refractivity contribution in [3.8, 4) is 0 Å². The smallest absolute Gasteiger partial charge is 0.197 e. The van der Waals surface area contributed by atoms with Crippen LogP contribution in [0.5, 0.6) is 0 Å². The Morgan fingerprint density at radius 2 is 1.09 bits per heavy atom. The highest BCUT2D eigenvalue weighted by Gasteiger charge is 2.46. The fourth-order valence-electron chi connectivity index (χ4n) is 7.57. The van der Waals surface area contributed by atoms with Gasteiger partial charge in [-0.05, 0) is 86.2 Å². The lowest BCUT2D eigenvalue weighted by atomic mass is 9.64. The first-order valence-electron chi connectivity index (χ1n) is 30.3. The largest absolute Gasteiger partial charge is 0.309 e. The molecule has 2 aliphatic heterocycles. The summed E-state index contributed by atoms with van der Waals surface area (Å²) in [4.78, 5) is 29.3. The molecule has 0 saturated carbocycles. The number of carbonyl (C=O) groups is 2. The topological polar surface area (TPSA) is 37.4 Å². The van der Waals surface area contributed by atoms with Crippen LogP contribution in [0.25, 0.3) is 6.08 Å². The minimum absolute atomic E-state index is 0.0133. The predicted molar refractivity (Wildman–Crippen MR) is 225 cm³/mol. The number of benzene rings is 4.